The molecule has 0 saturated heterocycles. The van der Waals surface area contributed by atoms with Gasteiger partial charge in [-0.25, -0.2) is 4.99 Å². The molecule has 2 aromatic carbocycles. The van der Waals surface area contributed by atoms with Crippen LogP contribution in [0.1, 0.15) is 11.1 Å². The standard InChI is InChI=1S/C18H21F3N4S/c1-26-16-5-3-2-4-15(16)25-17(23-11-10-22)24-12-13-6-8-14(9-7-13)18(19,20)21/h2-9H,10-12,22H2,1H3,(H2,23,24,25). The Bertz CT molecular complexity index is 730. The van der Waals surface area contributed by atoms with E-state index in [-0.39, 0.29) is 6.54 Å². The van der Waals surface area contributed by atoms with Gasteiger partial charge in [-0.1, -0.05) is 24.3 Å². The Morgan fingerprint density at radius 3 is 2.42 bits per heavy atom. The van der Waals surface area contributed by atoms with Gasteiger partial charge in [-0.2, -0.15) is 13.2 Å². The highest BCUT2D eigenvalue weighted by atomic mass is 32.2. The minimum Gasteiger partial charge on any atom is -0.355 e. The largest absolute Gasteiger partial charge is 0.416 e. The summed E-state index contributed by atoms with van der Waals surface area (Å²) in [6, 6.07) is 12.8. The van der Waals surface area contributed by atoms with Gasteiger partial charge >= 0.3 is 6.18 Å². The van der Waals surface area contributed by atoms with Crippen LogP contribution in [-0.4, -0.2) is 25.3 Å². The Balaban J connectivity index is 2.13. The Labute approximate surface area is 155 Å². The number of para-hydroxylation sites is 1. The van der Waals surface area contributed by atoms with Crippen molar-refractivity contribution in [2.45, 2.75) is 17.6 Å². The van der Waals surface area contributed by atoms with Crippen molar-refractivity contribution >= 4 is 23.4 Å². The van der Waals surface area contributed by atoms with Crippen molar-refractivity contribution in [3.8, 4) is 0 Å². The van der Waals surface area contributed by atoms with E-state index in [0.29, 0.717) is 24.6 Å². The summed E-state index contributed by atoms with van der Waals surface area (Å²) < 4.78 is 37.9. The average Bonchev–Trinajstić information content (AvgIpc) is 2.64. The van der Waals surface area contributed by atoms with Crippen molar-refractivity contribution in [3.63, 3.8) is 0 Å². The molecule has 0 radical (unpaired) electrons. The Morgan fingerprint density at radius 1 is 1.12 bits per heavy atom. The van der Waals surface area contributed by atoms with Crippen molar-refractivity contribution in [1.82, 2.24) is 5.32 Å². The molecule has 8 heteroatoms. The van der Waals surface area contributed by atoms with Crippen LogP contribution in [0.25, 0.3) is 0 Å². The molecule has 0 fully saturated rings. The smallest absolute Gasteiger partial charge is 0.355 e. The molecular weight excluding hydrogens is 361 g/mol. The third kappa shape index (κ3) is 5.96. The number of nitrogens with one attached hydrogen (secondary N) is 2. The average molecular weight is 382 g/mol. The molecule has 4 N–H and O–H groups in total. The topological polar surface area (TPSA) is 62.4 Å². The number of aliphatic imine (C=N–C) groups is 1. The van der Waals surface area contributed by atoms with E-state index < -0.39 is 11.7 Å². The van der Waals surface area contributed by atoms with E-state index in [0.717, 1.165) is 22.7 Å². The summed E-state index contributed by atoms with van der Waals surface area (Å²) in [6.45, 7) is 1.21. The molecule has 0 bridgehead atoms. The van der Waals surface area contributed by atoms with Gasteiger partial charge in [0.1, 0.15) is 0 Å². The lowest BCUT2D eigenvalue weighted by Crippen LogP contribution is -2.34. The maximum Gasteiger partial charge on any atom is 0.416 e. The Hall–Kier alpha value is -2.19. The van der Waals surface area contributed by atoms with Crippen LogP contribution in [-0.2, 0) is 12.7 Å². The maximum atomic E-state index is 12.6. The summed E-state index contributed by atoms with van der Waals surface area (Å²) in [4.78, 5) is 5.50. The van der Waals surface area contributed by atoms with Crippen molar-refractivity contribution in [1.29, 1.82) is 0 Å². The van der Waals surface area contributed by atoms with Crippen LogP contribution in [0.15, 0.2) is 58.4 Å². The summed E-state index contributed by atoms with van der Waals surface area (Å²) in [5, 5.41) is 6.32. The number of hydrogen-bond acceptors (Lipinski definition) is 3. The third-order valence-electron chi connectivity index (χ3n) is 3.50. The number of nitrogens with two attached hydrogens (primary N) is 1. The molecule has 0 heterocycles. The molecule has 0 aliphatic rings. The van der Waals surface area contributed by atoms with E-state index in [2.05, 4.69) is 15.6 Å². The third-order valence-corrected chi connectivity index (χ3v) is 4.29. The van der Waals surface area contributed by atoms with Gasteiger partial charge < -0.3 is 16.4 Å². The van der Waals surface area contributed by atoms with Crippen LogP contribution in [0.5, 0.6) is 0 Å². The number of nitrogens with zero attached hydrogens (tertiary/aromatic N) is 1. The number of thioether (sulfide) groups is 1. The Morgan fingerprint density at radius 2 is 1.81 bits per heavy atom. The summed E-state index contributed by atoms with van der Waals surface area (Å²) in [5.41, 5.74) is 6.45. The first-order chi connectivity index (χ1) is 12.4. The van der Waals surface area contributed by atoms with Crippen LogP contribution in [0.4, 0.5) is 18.9 Å². The fourth-order valence-corrected chi connectivity index (χ4v) is 2.73. The minimum absolute atomic E-state index is 0.249. The van der Waals surface area contributed by atoms with Crippen LogP contribution in [0.3, 0.4) is 0 Å². The van der Waals surface area contributed by atoms with Crippen molar-refractivity contribution < 1.29 is 13.2 Å². The predicted octanol–water partition coefficient (Wildman–Crippen LogP) is 3.94. The molecule has 0 atom stereocenters. The zero-order valence-electron chi connectivity index (χ0n) is 14.3. The molecule has 0 aromatic heterocycles. The molecule has 0 saturated carbocycles. The highest BCUT2D eigenvalue weighted by Crippen LogP contribution is 2.29. The minimum atomic E-state index is -4.33. The number of guanidine groups is 1. The van der Waals surface area contributed by atoms with E-state index in [1.165, 1.54) is 12.1 Å². The van der Waals surface area contributed by atoms with Crippen molar-refractivity contribution in [2.75, 3.05) is 24.7 Å². The summed E-state index contributed by atoms with van der Waals surface area (Å²) >= 11 is 1.60. The van der Waals surface area contributed by atoms with Crippen LogP contribution in [0, 0.1) is 0 Å². The predicted molar refractivity (Wildman–Crippen MR) is 101 cm³/mol. The van der Waals surface area contributed by atoms with Gasteiger partial charge in [-0.05, 0) is 36.1 Å². The highest BCUT2D eigenvalue weighted by Gasteiger charge is 2.29. The first kappa shape index (κ1) is 20.1. The number of rotatable bonds is 6. The number of hydrogen-bond donors (Lipinski definition) is 3. The second-order valence-electron chi connectivity index (χ2n) is 5.40. The zero-order valence-corrected chi connectivity index (χ0v) is 15.1. The fourth-order valence-electron chi connectivity index (χ4n) is 2.18. The molecule has 0 amide bonds. The van der Waals surface area contributed by atoms with Crippen molar-refractivity contribution in [3.05, 3.63) is 59.7 Å². The fraction of sp³-hybridized carbons (Fsp3) is 0.278. The Kier molecular flexibility index (Phi) is 7.35. The molecule has 26 heavy (non-hydrogen) atoms. The molecule has 4 nitrogen and oxygen atoms in total. The molecule has 0 spiro atoms. The summed E-state index contributed by atoms with van der Waals surface area (Å²) in [5.74, 6) is 0.525. The number of benzene rings is 2. The van der Waals surface area contributed by atoms with Crippen LogP contribution >= 0.6 is 11.8 Å². The van der Waals surface area contributed by atoms with E-state index in [9.17, 15) is 13.2 Å². The zero-order chi connectivity index (χ0) is 19.0. The van der Waals surface area contributed by atoms with Gasteiger partial charge in [-0.3, -0.25) is 0 Å². The molecule has 140 valence electrons. The van der Waals surface area contributed by atoms with Gasteiger partial charge in [0.2, 0.25) is 0 Å². The van der Waals surface area contributed by atoms with E-state index in [1.54, 1.807) is 11.8 Å². The SMILES string of the molecule is CSc1ccccc1NC(=NCc1ccc(C(F)(F)F)cc1)NCCN. The first-order valence-electron chi connectivity index (χ1n) is 7.98. The highest BCUT2D eigenvalue weighted by molar-refractivity contribution is 7.98. The molecular formula is C18H21F3N4S. The monoisotopic (exact) mass is 382 g/mol. The quantitative estimate of drug-likeness (QED) is 0.402. The molecule has 2 rings (SSSR count). The lowest BCUT2D eigenvalue weighted by molar-refractivity contribution is -0.137. The normalized spacial score (nSPS) is 12.1. The van der Waals surface area contributed by atoms with Crippen molar-refractivity contribution in [2.24, 2.45) is 10.7 Å². The first-order valence-corrected chi connectivity index (χ1v) is 9.21. The molecule has 0 aliphatic carbocycles. The second kappa shape index (κ2) is 9.49. The summed E-state index contributed by atoms with van der Waals surface area (Å²) in [6.07, 6.45) is -2.36. The van der Waals surface area contributed by atoms with E-state index >= 15 is 0 Å². The maximum absolute atomic E-state index is 12.6. The van der Waals surface area contributed by atoms with E-state index in [4.69, 9.17) is 5.73 Å². The van der Waals surface area contributed by atoms with Gasteiger partial charge in [0.05, 0.1) is 17.8 Å². The van der Waals surface area contributed by atoms with Gasteiger partial charge in [0.15, 0.2) is 5.96 Å². The van der Waals surface area contributed by atoms with Gasteiger partial charge in [-0.15, -0.1) is 11.8 Å². The lowest BCUT2D eigenvalue weighted by Gasteiger charge is -2.14. The molecule has 0 aliphatic heterocycles. The van der Waals surface area contributed by atoms with Crippen LogP contribution < -0.4 is 16.4 Å². The second-order valence-corrected chi connectivity index (χ2v) is 6.25. The number of halogens is 3. The number of alkyl halides is 3. The number of anilines is 1. The molecule has 2 aromatic rings. The van der Waals surface area contributed by atoms with E-state index in [1.807, 2.05) is 30.5 Å². The summed E-state index contributed by atoms with van der Waals surface area (Å²) in [7, 11) is 0. The lowest BCUT2D eigenvalue weighted by atomic mass is 10.1. The molecule has 0 unspecified atom stereocenters. The van der Waals surface area contributed by atoms with Gasteiger partial charge in [0.25, 0.3) is 0 Å². The van der Waals surface area contributed by atoms with Gasteiger partial charge in [0, 0.05) is 18.0 Å². The van der Waals surface area contributed by atoms with Crippen LogP contribution in [0.2, 0.25) is 0 Å².